The van der Waals surface area contributed by atoms with Gasteiger partial charge in [0.25, 0.3) is 0 Å². The van der Waals surface area contributed by atoms with Gasteiger partial charge in [-0.25, -0.2) is 0 Å². The van der Waals surface area contributed by atoms with E-state index >= 15 is 0 Å². The minimum Gasteiger partial charge on any atom is -0.296 e. The second-order valence-electron chi connectivity index (χ2n) is 4.01. The first-order valence-corrected chi connectivity index (χ1v) is 6.26. The maximum absolute atomic E-state index is 5.80. The van der Waals surface area contributed by atoms with Crippen LogP contribution in [0.15, 0.2) is 43.0 Å². The van der Waals surface area contributed by atoms with Crippen molar-refractivity contribution < 1.29 is 0 Å². The summed E-state index contributed by atoms with van der Waals surface area (Å²) in [7, 11) is 0. The number of alkyl halides is 1. The molecule has 0 fully saturated rings. The lowest BCUT2D eigenvalue weighted by atomic mass is 10.1. The molecule has 1 atom stereocenters. The molecule has 0 saturated heterocycles. The van der Waals surface area contributed by atoms with Gasteiger partial charge in [-0.2, -0.15) is 0 Å². The largest absolute Gasteiger partial charge is 0.296 e. The number of rotatable bonds is 7. The maximum atomic E-state index is 5.80. The van der Waals surface area contributed by atoms with Crippen molar-refractivity contribution in [2.45, 2.75) is 19.4 Å². The average molecular weight is 238 g/mol. The number of nitrogens with zero attached hydrogens (tertiary/aromatic N) is 1. The Kier molecular flexibility index (Phi) is 6.20. The Morgan fingerprint density at radius 1 is 1.38 bits per heavy atom. The summed E-state index contributed by atoms with van der Waals surface area (Å²) in [6.07, 6.45) is 3.00. The van der Waals surface area contributed by atoms with Gasteiger partial charge in [0, 0.05) is 25.0 Å². The molecule has 0 aliphatic rings. The molecular formula is C14H20ClN. The normalized spacial score (nSPS) is 12.7. The van der Waals surface area contributed by atoms with Crippen LogP contribution in [-0.2, 0) is 6.42 Å². The summed E-state index contributed by atoms with van der Waals surface area (Å²) in [4.78, 5) is 2.35. The lowest BCUT2D eigenvalue weighted by molar-refractivity contribution is 0.244. The van der Waals surface area contributed by atoms with Gasteiger partial charge in [0.1, 0.15) is 0 Å². The van der Waals surface area contributed by atoms with Gasteiger partial charge in [0.15, 0.2) is 0 Å². The van der Waals surface area contributed by atoms with Crippen LogP contribution in [0.1, 0.15) is 12.5 Å². The van der Waals surface area contributed by atoms with E-state index in [4.69, 9.17) is 11.6 Å². The van der Waals surface area contributed by atoms with E-state index < -0.39 is 0 Å². The lowest BCUT2D eigenvalue weighted by Crippen LogP contribution is -2.36. The van der Waals surface area contributed by atoms with Gasteiger partial charge in [0.2, 0.25) is 0 Å². The Balaban J connectivity index is 2.54. The first kappa shape index (κ1) is 13.3. The molecule has 0 aliphatic carbocycles. The zero-order valence-corrected chi connectivity index (χ0v) is 10.7. The molecule has 2 heteroatoms. The fraction of sp³-hybridized carbons (Fsp3) is 0.429. The molecule has 1 aromatic rings. The van der Waals surface area contributed by atoms with E-state index in [1.165, 1.54) is 5.56 Å². The summed E-state index contributed by atoms with van der Waals surface area (Å²) in [5.74, 6) is 0.674. The van der Waals surface area contributed by atoms with Gasteiger partial charge >= 0.3 is 0 Å². The van der Waals surface area contributed by atoms with Crippen LogP contribution in [0.5, 0.6) is 0 Å². The van der Waals surface area contributed by atoms with E-state index in [0.717, 1.165) is 19.5 Å². The summed E-state index contributed by atoms with van der Waals surface area (Å²) < 4.78 is 0. The number of hydrogen-bond donors (Lipinski definition) is 0. The predicted octanol–water partition coefficient (Wildman–Crippen LogP) is 3.34. The topological polar surface area (TPSA) is 3.24 Å². The van der Waals surface area contributed by atoms with Crippen LogP contribution in [0.25, 0.3) is 0 Å². The van der Waals surface area contributed by atoms with Crippen molar-refractivity contribution >= 4 is 11.6 Å². The second-order valence-corrected chi connectivity index (χ2v) is 4.39. The Bertz CT molecular complexity index is 297. The van der Waals surface area contributed by atoms with Gasteiger partial charge in [-0.05, 0) is 18.9 Å². The molecule has 88 valence electrons. The van der Waals surface area contributed by atoms with Crippen molar-refractivity contribution in [3.05, 3.63) is 48.6 Å². The molecule has 1 rings (SSSR count). The maximum Gasteiger partial charge on any atom is 0.0351 e. The molecule has 0 saturated carbocycles. The highest BCUT2D eigenvalue weighted by Crippen LogP contribution is 2.08. The Morgan fingerprint density at radius 3 is 2.62 bits per heavy atom. The van der Waals surface area contributed by atoms with Crippen LogP contribution in [-0.4, -0.2) is 29.9 Å². The number of hydrogen-bond acceptors (Lipinski definition) is 1. The molecule has 0 aromatic heterocycles. The molecular weight excluding hydrogens is 218 g/mol. The fourth-order valence-electron chi connectivity index (χ4n) is 1.85. The van der Waals surface area contributed by atoms with E-state index in [1.807, 2.05) is 6.08 Å². The first-order valence-electron chi connectivity index (χ1n) is 5.72. The highest BCUT2D eigenvalue weighted by atomic mass is 35.5. The van der Waals surface area contributed by atoms with Crippen LogP contribution in [0.3, 0.4) is 0 Å². The van der Waals surface area contributed by atoms with E-state index in [9.17, 15) is 0 Å². The molecule has 0 aliphatic heterocycles. The van der Waals surface area contributed by atoms with E-state index in [-0.39, 0.29) is 0 Å². The minimum atomic E-state index is 0.499. The van der Waals surface area contributed by atoms with Crippen molar-refractivity contribution in [3.8, 4) is 0 Å². The second kappa shape index (κ2) is 7.48. The number of benzene rings is 1. The van der Waals surface area contributed by atoms with Crippen molar-refractivity contribution in [1.29, 1.82) is 0 Å². The summed E-state index contributed by atoms with van der Waals surface area (Å²) in [6, 6.07) is 11.1. The van der Waals surface area contributed by atoms with E-state index in [1.54, 1.807) is 0 Å². The van der Waals surface area contributed by atoms with Crippen LogP contribution in [0, 0.1) is 0 Å². The SMILES string of the molecule is C=CCN(CCCl)C(C)Cc1ccccc1. The van der Waals surface area contributed by atoms with Crippen LogP contribution >= 0.6 is 11.6 Å². The lowest BCUT2D eigenvalue weighted by Gasteiger charge is -2.27. The molecule has 1 unspecified atom stereocenters. The molecule has 0 spiro atoms. The molecule has 0 amide bonds. The third-order valence-corrected chi connectivity index (χ3v) is 2.90. The van der Waals surface area contributed by atoms with Gasteiger partial charge in [-0.1, -0.05) is 36.4 Å². The van der Waals surface area contributed by atoms with Gasteiger partial charge in [-0.15, -0.1) is 18.2 Å². The molecule has 16 heavy (non-hydrogen) atoms. The van der Waals surface area contributed by atoms with Gasteiger partial charge in [-0.3, -0.25) is 4.90 Å². The third kappa shape index (κ3) is 4.38. The third-order valence-electron chi connectivity index (χ3n) is 2.73. The fourth-order valence-corrected chi connectivity index (χ4v) is 2.07. The van der Waals surface area contributed by atoms with Crippen LogP contribution < -0.4 is 0 Å². The first-order chi connectivity index (χ1) is 7.77. The average Bonchev–Trinajstić information content (AvgIpc) is 2.30. The molecule has 0 N–H and O–H groups in total. The Morgan fingerprint density at radius 2 is 2.06 bits per heavy atom. The molecule has 1 nitrogen and oxygen atoms in total. The smallest absolute Gasteiger partial charge is 0.0351 e. The Hall–Kier alpha value is -0.790. The quantitative estimate of drug-likeness (QED) is 0.519. The van der Waals surface area contributed by atoms with Gasteiger partial charge in [0.05, 0.1) is 0 Å². The van der Waals surface area contributed by atoms with E-state index in [2.05, 4.69) is 48.7 Å². The van der Waals surface area contributed by atoms with Crippen LogP contribution in [0.4, 0.5) is 0 Å². The van der Waals surface area contributed by atoms with E-state index in [0.29, 0.717) is 11.9 Å². The number of halogens is 1. The molecule has 1 aromatic carbocycles. The van der Waals surface area contributed by atoms with Crippen molar-refractivity contribution in [3.63, 3.8) is 0 Å². The van der Waals surface area contributed by atoms with Gasteiger partial charge < -0.3 is 0 Å². The van der Waals surface area contributed by atoms with Crippen molar-refractivity contribution in [1.82, 2.24) is 4.90 Å². The van der Waals surface area contributed by atoms with Crippen LogP contribution in [0.2, 0.25) is 0 Å². The molecule has 0 heterocycles. The summed E-state index contributed by atoms with van der Waals surface area (Å²) in [5.41, 5.74) is 1.37. The predicted molar refractivity (Wildman–Crippen MR) is 72.1 cm³/mol. The molecule has 0 radical (unpaired) electrons. The zero-order valence-electron chi connectivity index (χ0n) is 9.90. The minimum absolute atomic E-state index is 0.499. The standard InChI is InChI=1S/C14H20ClN/c1-3-10-16(11-9-15)13(2)12-14-7-5-4-6-8-14/h3-8,13H,1,9-12H2,2H3. The molecule has 0 bridgehead atoms. The zero-order chi connectivity index (χ0) is 11.8. The van der Waals surface area contributed by atoms with Crippen molar-refractivity contribution in [2.75, 3.05) is 19.0 Å². The summed E-state index contributed by atoms with van der Waals surface area (Å²) in [5, 5.41) is 0. The highest BCUT2D eigenvalue weighted by Gasteiger charge is 2.11. The summed E-state index contributed by atoms with van der Waals surface area (Å²) in [6.45, 7) is 7.85. The Labute approximate surface area is 104 Å². The monoisotopic (exact) mass is 237 g/mol. The van der Waals surface area contributed by atoms with Crippen molar-refractivity contribution in [2.24, 2.45) is 0 Å². The highest BCUT2D eigenvalue weighted by molar-refractivity contribution is 6.18. The summed E-state index contributed by atoms with van der Waals surface area (Å²) >= 11 is 5.80.